The average molecular weight is 203 g/mol. The molecule has 0 N–H and O–H groups in total. The Balaban J connectivity index is 2.59. The third-order valence-electron chi connectivity index (χ3n) is 2.39. The second-order valence-corrected chi connectivity index (χ2v) is 3.73. The molecule has 2 atom stereocenters. The third kappa shape index (κ3) is 2.61. The zero-order valence-electron chi connectivity index (χ0n) is 8.19. The van der Waals surface area contributed by atoms with E-state index in [9.17, 15) is 4.79 Å². The van der Waals surface area contributed by atoms with Crippen LogP contribution in [0.3, 0.4) is 0 Å². The summed E-state index contributed by atoms with van der Waals surface area (Å²) in [5.41, 5.74) is 0. The van der Waals surface area contributed by atoms with E-state index in [0.717, 1.165) is 6.42 Å². The van der Waals surface area contributed by atoms with Crippen molar-refractivity contribution >= 4 is 18.5 Å². The molecule has 76 valence electrons. The molecule has 0 bridgehead atoms. The van der Waals surface area contributed by atoms with Crippen LogP contribution < -0.4 is 0 Å². The van der Waals surface area contributed by atoms with E-state index in [1.807, 2.05) is 11.8 Å². The van der Waals surface area contributed by atoms with Crippen molar-refractivity contribution in [3.63, 3.8) is 0 Å². The number of thiol groups is 1. The number of carbonyl (C=O) groups excluding carboxylic acids is 1. The summed E-state index contributed by atoms with van der Waals surface area (Å²) in [7, 11) is 0. The Labute approximate surface area is 84.8 Å². The fourth-order valence-corrected chi connectivity index (χ4v) is 1.76. The molecule has 0 aromatic rings. The lowest BCUT2D eigenvalue weighted by atomic mass is 10.1. The average Bonchev–Trinajstić information content (AvgIpc) is 2.16. The molecule has 1 amide bonds. The maximum absolute atomic E-state index is 11.5. The van der Waals surface area contributed by atoms with Crippen LogP contribution in [0.1, 0.15) is 20.3 Å². The van der Waals surface area contributed by atoms with E-state index in [4.69, 9.17) is 4.74 Å². The van der Waals surface area contributed by atoms with Crippen LogP contribution in [0.15, 0.2) is 0 Å². The summed E-state index contributed by atoms with van der Waals surface area (Å²) < 4.78 is 5.49. The Bertz CT molecular complexity index is 186. The van der Waals surface area contributed by atoms with E-state index in [1.165, 1.54) is 0 Å². The van der Waals surface area contributed by atoms with Crippen molar-refractivity contribution < 1.29 is 9.53 Å². The third-order valence-corrected chi connectivity index (χ3v) is 2.67. The highest BCUT2D eigenvalue weighted by atomic mass is 32.1. The SMILES string of the molecule is CCC1COC(C)CN1C(=O)CS. The van der Waals surface area contributed by atoms with Crippen LogP contribution in [-0.2, 0) is 9.53 Å². The van der Waals surface area contributed by atoms with Gasteiger partial charge in [-0.2, -0.15) is 12.6 Å². The van der Waals surface area contributed by atoms with Crippen LogP contribution >= 0.6 is 12.6 Å². The van der Waals surface area contributed by atoms with Gasteiger partial charge in [0.25, 0.3) is 0 Å². The molecule has 1 aliphatic rings. The number of carbonyl (C=O) groups is 1. The van der Waals surface area contributed by atoms with E-state index in [0.29, 0.717) is 18.9 Å². The number of ether oxygens (including phenoxy) is 1. The highest BCUT2D eigenvalue weighted by molar-refractivity contribution is 7.81. The number of morpholine rings is 1. The van der Waals surface area contributed by atoms with Gasteiger partial charge in [-0.25, -0.2) is 0 Å². The summed E-state index contributed by atoms with van der Waals surface area (Å²) in [5, 5.41) is 0. The number of hydrogen-bond acceptors (Lipinski definition) is 3. The molecular formula is C9H17NO2S. The van der Waals surface area contributed by atoms with Gasteiger partial charge in [-0.3, -0.25) is 4.79 Å². The minimum atomic E-state index is 0.116. The lowest BCUT2D eigenvalue weighted by Gasteiger charge is -2.38. The highest BCUT2D eigenvalue weighted by Crippen LogP contribution is 2.14. The molecule has 1 rings (SSSR count). The van der Waals surface area contributed by atoms with Crippen LogP contribution in [0, 0.1) is 0 Å². The van der Waals surface area contributed by atoms with E-state index < -0.39 is 0 Å². The van der Waals surface area contributed by atoms with Crippen LogP contribution in [-0.4, -0.2) is 41.9 Å². The van der Waals surface area contributed by atoms with Gasteiger partial charge in [-0.05, 0) is 13.3 Å². The van der Waals surface area contributed by atoms with Crippen LogP contribution in [0.2, 0.25) is 0 Å². The molecule has 13 heavy (non-hydrogen) atoms. The van der Waals surface area contributed by atoms with Crippen molar-refractivity contribution in [1.82, 2.24) is 4.90 Å². The Kier molecular flexibility index (Phi) is 4.06. The first-order valence-electron chi connectivity index (χ1n) is 4.71. The van der Waals surface area contributed by atoms with Gasteiger partial charge in [0.2, 0.25) is 5.91 Å². The molecule has 0 radical (unpaired) electrons. The summed E-state index contributed by atoms with van der Waals surface area (Å²) in [6, 6.07) is 0.246. The van der Waals surface area contributed by atoms with Crippen molar-refractivity contribution in [3.8, 4) is 0 Å². The fraction of sp³-hybridized carbons (Fsp3) is 0.889. The summed E-state index contributed by atoms with van der Waals surface area (Å²) in [5.74, 6) is 0.411. The van der Waals surface area contributed by atoms with Gasteiger partial charge in [0, 0.05) is 6.54 Å². The normalized spacial score (nSPS) is 29.0. The van der Waals surface area contributed by atoms with E-state index in [2.05, 4.69) is 19.6 Å². The molecule has 0 saturated carbocycles. The van der Waals surface area contributed by atoms with Gasteiger partial charge in [0.1, 0.15) is 0 Å². The first kappa shape index (κ1) is 10.9. The first-order valence-corrected chi connectivity index (χ1v) is 5.34. The van der Waals surface area contributed by atoms with Crippen molar-refractivity contribution in [1.29, 1.82) is 0 Å². The summed E-state index contributed by atoms with van der Waals surface area (Å²) in [6.07, 6.45) is 1.11. The smallest absolute Gasteiger partial charge is 0.232 e. The van der Waals surface area contributed by atoms with Gasteiger partial charge in [0.15, 0.2) is 0 Å². The lowest BCUT2D eigenvalue weighted by Crippen LogP contribution is -2.51. The molecule has 1 saturated heterocycles. The second kappa shape index (κ2) is 4.86. The molecule has 0 aromatic carbocycles. The zero-order chi connectivity index (χ0) is 9.84. The molecule has 0 spiro atoms. The topological polar surface area (TPSA) is 29.5 Å². The van der Waals surface area contributed by atoms with E-state index in [-0.39, 0.29) is 18.1 Å². The quantitative estimate of drug-likeness (QED) is 0.677. The number of rotatable bonds is 2. The molecule has 2 unspecified atom stereocenters. The number of hydrogen-bond donors (Lipinski definition) is 1. The molecule has 4 heteroatoms. The molecule has 1 aliphatic heterocycles. The Morgan fingerprint density at radius 2 is 2.38 bits per heavy atom. The largest absolute Gasteiger partial charge is 0.375 e. The van der Waals surface area contributed by atoms with Crippen molar-refractivity contribution in [2.45, 2.75) is 32.4 Å². The molecule has 3 nitrogen and oxygen atoms in total. The maximum atomic E-state index is 11.5. The first-order chi connectivity index (χ1) is 6.19. The second-order valence-electron chi connectivity index (χ2n) is 3.41. The predicted molar refractivity (Wildman–Crippen MR) is 55.1 cm³/mol. The molecule has 0 aromatic heterocycles. The fourth-order valence-electron chi connectivity index (χ4n) is 1.58. The van der Waals surface area contributed by atoms with Crippen LogP contribution in [0.4, 0.5) is 0 Å². The predicted octanol–water partition coefficient (Wildman–Crippen LogP) is 0.942. The van der Waals surface area contributed by atoms with Crippen LogP contribution in [0.25, 0.3) is 0 Å². The van der Waals surface area contributed by atoms with E-state index in [1.54, 1.807) is 0 Å². The number of amides is 1. The zero-order valence-corrected chi connectivity index (χ0v) is 9.09. The summed E-state index contributed by atoms with van der Waals surface area (Å²) in [6.45, 7) is 5.43. The van der Waals surface area contributed by atoms with Crippen molar-refractivity contribution in [2.75, 3.05) is 18.9 Å². The van der Waals surface area contributed by atoms with Crippen LogP contribution in [0.5, 0.6) is 0 Å². The molecule has 1 fully saturated rings. The van der Waals surface area contributed by atoms with Gasteiger partial charge in [-0.1, -0.05) is 6.92 Å². The van der Waals surface area contributed by atoms with Gasteiger partial charge >= 0.3 is 0 Å². The van der Waals surface area contributed by atoms with E-state index >= 15 is 0 Å². The minimum absolute atomic E-state index is 0.116. The highest BCUT2D eigenvalue weighted by Gasteiger charge is 2.28. The molecular weight excluding hydrogens is 186 g/mol. The summed E-state index contributed by atoms with van der Waals surface area (Å²) >= 11 is 4.00. The lowest BCUT2D eigenvalue weighted by molar-refractivity contribution is -0.141. The maximum Gasteiger partial charge on any atom is 0.232 e. The Morgan fingerprint density at radius 3 is 2.92 bits per heavy atom. The van der Waals surface area contributed by atoms with Crippen molar-refractivity contribution in [2.24, 2.45) is 0 Å². The summed E-state index contributed by atoms with van der Waals surface area (Å²) in [4.78, 5) is 13.4. The number of nitrogens with zero attached hydrogens (tertiary/aromatic N) is 1. The standard InChI is InChI=1S/C9H17NO2S/c1-3-8-5-12-7(2)4-10(8)9(11)6-13/h7-8,13H,3-6H2,1-2H3. The minimum Gasteiger partial charge on any atom is -0.375 e. The Hall–Kier alpha value is -0.220. The molecule has 1 heterocycles. The monoisotopic (exact) mass is 203 g/mol. The van der Waals surface area contributed by atoms with Crippen molar-refractivity contribution in [3.05, 3.63) is 0 Å². The van der Waals surface area contributed by atoms with Gasteiger partial charge in [0.05, 0.1) is 24.5 Å². The molecule has 0 aliphatic carbocycles. The van der Waals surface area contributed by atoms with Gasteiger partial charge in [-0.15, -0.1) is 0 Å². The van der Waals surface area contributed by atoms with Gasteiger partial charge < -0.3 is 9.64 Å². The Morgan fingerprint density at radius 1 is 1.69 bits per heavy atom.